The third-order valence-corrected chi connectivity index (χ3v) is 2.96. The first-order chi connectivity index (χ1) is 7.95. The number of carbonyl (C=O) groups excluding carboxylic acids is 1. The van der Waals surface area contributed by atoms with E-state index in [1.165, 1.54) is 0 Å². The Bertz CT molecular complexity index is 368. The highest BCUT2D eigenvalue weighted by molar-refractivity contribution is 5.76. The van der Waals surface area contributed by atoms with Crippen LogP contribution in [0.2, 0.25) is 0 Å². The van der Waals surface area contributed by atoms with Crippen LogP contribution < -0.4 is 5.73 Å². The average molecular weight is 239 g/mol. The van der Waals surface area contributed by atoms with Gasteiger partial charge in [-0.2, -0.15) is 0 Å². The predicted molar refractivity (Wildman–Crippen MR) is 65.3 cm³/mol. The SMILES string of the molecule is CCC(N)CC(=O)N(C)Cc1c(C)noc1C. The molecule has 2 N–H and O–H groups in total. The number of nitrogens with two attached hydrogens (primary N) is 1. The van der Waals surface area contributed by atoms with Crippen molar-refractivity contribution in [1.82, 2.24) is 10.1 Å². The Morgan fingerprint density at radius 1 is 1.53 bits per heavy atom. The third-order valence-electron chi connectivity index (χ3n) is 2.96. The molecule has 1 heterocycles. The van der Waals surface area contributed by atoms with Gasteiger partial charge in [0, 0.05) is 25.1 Å². The van der Waals surface area contributed by atoms with E-state index in [1.54, 1.807) is 11.9 Å². The summed E-state index contributed by atoms with van der Waals surface area (Å²) >= 11 is 0. The number of carbonyl (C=O) groups is 1. The highest BCUT2D eigenvalue weighted by Gasteiger charge is 2.16. The molecule has 1 aromatic rings. The van der Waals surface area contributed by atoms with Crippen LogP contribution in [0.1, 0.15) is 36.8 Å². The number of aromatic nitrogens is 1. The van der Waals surface area contributed by atoms with E-state index in [4.69, 9.17) is 10.3 Å². The molecule has 0 bridgehead atoms. The molecule has 0 aromatic carbocycles. The molecule has 1 atom stereocenters. The van der Waals surface area contributed by atoms with Crippen LogP contribution in [0.5, 0.6) is 0 Å². The minimum atomic E-state index is -0.0605. The molecule has 5 nitrogen and oxygen atoms in total. The topological polar surface area (TPSA) is 72.4 Å². The average Bonchev–Trinajstić information content (AvgIpc) is 2.60. The van der Waals surface area contributed by atoms with Crippen LogP contribution in [0.3, 0.4) is 0 Å². The summed E-state index contributed by atoms with van der Waals surface area (Å²) in [4.78, 5) is 13.5. The molecule has 1 unspecified atom stereocenters. The van der Waals surface area contributed by atoms with Crippen LogP contribution >= 0.6 is 0 Å². The van der Waals surface area contributed by atoms with Gasteiger partial charge < -0.3 is 15.2 Å². The Labute approximate surface area is 102 Å². The molecule has 96 valence electrons. The fraction of sp³-hybridized carbons (Fsp3) is 0.667. The first-order valence-corrected chi connectivity index (χ1v) is 5.87. The van der Waals surface area contributed by atoms with Gasteiger partial charge in [-0.25, -0.2) is 0 Å². The summed E-state index contributed by atoms with van der Waals surface area (Å²) in [6.45, 7) is 6.23. The molecule has 0 spiro atoms. The van der Waals surface area contributed by atoms with Crippen LogP contribution in [0.4, 0.5) is 0 Å². The summed E-state index contributed by atoms with van der Waals surface area (Å²) in [5.74, 6) is 0.821. The van der Waals surface area contributed by atoms with Crippen molar-refractivity contribution in [2.45, 2.75) is 46.2 Å². The maximum absolute atomic E-state index is 11.9. The first kappa shape index (κ1) is 13.7. The zero-order valence-electron chi connectivity index (χ0n) is 11.0. The van der Waals surface area contributed by atoms with Crippen molar-refractivity contribution in [3.8, 4) is 0 Å². The lowest BCUT2D eigenvalue weighted by molar-refractivity contribution is -0.130. The van der Waals surface area contributed by atoms with Crippen molar-refractivity contribution >= 4 is 5.91 Å². The maximum atomic E-state index is 11.9. The van der Waals surface area contributed by atoms with E-state index >= 15 is 0 Å². The number of hydrogen-bond donors (Lipinski definition) is 1. The van der Waals surface area contributed by atoms with Crippen LogP contribution in [-0.4, -0.2) is 29.1 Å². The lowest BCUT2D eigenvalue weighted by atomic mass is 10.1. The molecule has 0 aliphatic heterocycles. The van der Waals surface area contributed by atoms with Crippen molar-refractivity contribution in [2.75, 3.05) is 7.05 Å². The largest absolute Gasteiger partial charge is 0.361 e. The summed E-state index contributed by atoms with van der Waals surface area (Å²) in [5, 5.41) is 3.87. The molecule has 0 aliphatic rings. The van der Waals surface area contributed by atoms with Gasteiger partial charge in [0.15, 0.2) is 0 Å². The van der Waals surface area contributed by atoms with E-state index in [0.29, 0.717) is 13.0 Å². The Kier molecular flexibility index (Phi) is 4.69. The molecular weight excluding hydrogens is 218 g/mol. The van der Waals surface area contributed by atoms with Gasteiger partial charge in [0.05, 0.1) is 12.2 Å². The van der Waals surface area contributed by atoms with E-state index in [2.05, 4.69) is 5.16 Å². The molecule has 17 heavy (non-hydrogen) atoms. The maximum Gasteiger partial charge on any atom is 0.224 e. The van der Waals surface area contributed by atoms with Crippen LogP contribution in [-0.2, 0) is 11.3 Å². The molecule has 0 saturated heterocycles. The van der Waals surface area contributed by atoms with Gasteiger partial charge in [-0.3, -0.25) is 4.79 Å². The Morgan fingerprint density at radius 2 is 2.18 bits per heavy atom. The van der Waals surface area contributed by atoms with Crippen molar-refractivity contribution < 1.29 is 9.32 Å². The predicted octanol–water partition coefficient (Wildman–Crippen LogP) is 1.38. The lowest BCUT2D eigenvalue weighted by Crippen LogP contribution is -2.32. The fourth-order valence-corrected chi connectivity index (χ4v) is 1.58. The smallest absolute Gasteiger partial charge is 0.224 e. The van der Waals surface area contributed by atoms with Crippen molar-refractivity contribution in [2.24, 2.45) is 5.73 Å². The minimum absolute atomic E-state index is 0.0550. The van der Waals surface area contributed by atoms with Crippen molar-refractivity contribution in [1.29, 1.82) is 0 Å². The number of hydrogen-bond acceptors (Lipinski definition) is 4. The van der Waals surface area contributed by atoms with E-state index in [0.717, 1.165) is 23.4 Å². The number of nitrogens with zero attached hydrogens (tertiary/aromatic N) is 2. The highest BCUT2D eigenvalue weighted by Crippen LogP contribution is 2.14. The normalized spacial score (nSPS) is 12.5. The molecule has 1 aromatic heterocycles. The molecule has 0 radical (unpaired) electrons. The van der Waals surface area contributed by atoms with Gasteiger partial charge >= 0.3 is 0 Å². The summed E-state index contributed by atoms with van der Waals surface area (Å²) in [5.41, 5.74) is 7.58. The zero-order valence-corrected chi connectivity index (χ0v) is 11.0. The summed E-state index contributed by atoms with van der Waals surface area (Å²) in [7, 11) is 1.77. The van der Waals surface area contributed by atoms with Gasteiger partial charge in [-0.05, 0) is 20.3 Å². The zero-order chi connectivity index (χ0) is 13.0. The Balaban J connectivity index is 2.60. The molecule has 1 rings (SSSR count). The van der Waals surface area contributed by atoms with E-state index in [1.807, 2.05) is 20.8 Å². The molecule has 5 heteroatoms. The minimum Gasteiger partial charge on any atom is -0.361 e. The van der Waals surface area contributed by atoms with Crippen LogP contribution in [0.15, 0.2) is 4.52 Å². The second-order valence-electron chi connectivity index (χ2n) is 4.42. The second-order valence-corrected chi connectivity index (χ2v) is 4.42. The summed E-state index contributed by atoms with van der Waals surface area (Å²) in [6.07, 6.45) is 1.20. The summed E-state index contributed by atoms with van der Waals surface area (Å²) in [6, 6.07) is -0.0605. The van der Waals surface area contributed by atoms with E-state index in [9.17, 15) is 4.79 Å². The highest BCUT2D eigenvalue weighted by atomic mass is 16.5. The quantitative estimate of drug-likeness (QED) is 0.842. The van der Waals surface area contributed by atoms with Gasteiger partial charge in [0.25, 0.3) is 0 Å². The second kappa shape index (κ2) is 5.82. The number of rotatable bonds is 5. The van der Waals surface area contributed by atoms with Gasteiger partial charge in [0.1, 0.15) is 5.76 Å². The standard InChI is InChI=1S/C12H21N3O2/c1-5-10(13)6-12(16)15(4)7-11-8(2)14-17-9(11)3/h10H,5-7,13H2,1-4H3. The Hall–Kier alpha value is -1.36. The van der Waals surface area contributed by atoms with Gasteiger partial charge in [-0.15, -0.1) is 0 Å². The molecule has 0 saturated carbocycles. The number of aryl methyl sites for hydroxylation is 2. The number of amides is 1. The third kappa shape index (κ3) is 3.56. The molecule has 1 amide bonds. The molecule has 0 fully saturated rings. The van der Waals surface area contributed by atoms with Crippen molar-refractivity contribution in [3.05, 3.63) is 17.0 Å². The van der Waals surface area contributed by atoms with Crippen molar-refractivity contribution in [3.63, 3.8) is 0 Å². The Morgan fingerprint density at radius 3 is 2.65 bits per heavy atom. The monoisotopic (exact) mass is 239 g/mol. The first-order valence-electron chi connectivity index (χ1n) is 5.87. The fourth-order valence-electron chi connectivity index (χ4n) is 1.58. The van der Waals surface area contributed by atoms with E-state index < -0.39 is 0 Å². The van der Waals surface area contributed by atoms with Gasteiger partial charge in [0.2, 0.25) is 5.91 Å². The van der Waals surface area contributed by atoms with E-state index in [-0.39, 0.29) is 11.9 Å². The van der Waals surface area contributed by atoms with Crippen LogP contribution in [0, 0.1) is 13.8 Å². The van der Waals surface area contributed by atoms with Gasteiger partial charge in [-0.1, -0.05) is 12.1 Å². The lowest BCUT2D eigenvalue weighted by Gasteiger charge is -2.18. The molecule has 0 aliphatic carbocycles. The summed E-state index contributed by atoms with van der Waals surface area (Å²) < 4.78 is 5.07. The molecular formula is C12H21N3O2. The van der Waals surface area contributed by atoms with Crippen LogP contribution in [0.25, 0.3) is 0 Å².